The van der Waals surface area contributed by atoms with Gasteiger partial charge in [0.2, 0.25) is 5.91 Å². The molecule has 1 aromatic carbocycles. The number of rotatable bonds is 4. The largest absolute Gasteiger partial charge is 0.342 e. The summed E-state index contributed by atoms with van der Waals surface area (Å²) in [6.07, 6.45) is 4.89. The molecular formula is C18H28N2O. The summed E-state index contributed by atoms with van der Waals surface area (Å²) in [5.41, 5.74) is 8.56. The highest BCUT2D eigenvalue weighted by Gasteiger charge is 2.29. The van der Waals surface area contributed by atoms with E-state index >= 15 is 0 Å². The highest BCUT2D eigenvalue weighted by Crippen LogP contribution is 2.25. The van der Waals surface area contributed by atoms with E-state index in [0.29, 0.717) is 0 Å². The van der Waals surface area contributed by atoms with Gasteiger partial charge in [0.1, 0.15) is 0 Å². The van der Waals surface area contributed by atoms with Crippen molar-refractivity contribution < 1.29 is 4.79 Å². The van der Waals surface area contributed by atoms with E-state index in [2.05, 4.69) is 38.1 Å². The molecule has 3 unspecified atom stereocenters. The number of likely N-dealkylation sites (N-methyl/N-ethyl adjacent to an activating group) is 1. The van der Waals surface area contributed by atoms with Crippen molar-refractivity contribution >= 4 is 5.91 Å². The second kappa shape index (κ2) is 7.08. The predicted octanol–water partition coefficient (Wildman–Crippen LogP) is 2.90. The van der Waals surface area contributed by atoms with Crippen LogP contribution in [0.4, 0.5) is 0 Å². The molecule has 1 aliphatic carbocycles. The molecule has 0 aliphatic heterocycles. The molecule has 1 saturated carbocycles. The number of nitrogens with two attached hydrogens (primary N) is 1. The summed E-state index contributed by atoms with van der Waals surface area (Å²) in [5, 5.41) is 0. The molecule has 0 spiro atoms. The Balaban J connectivity index is 1.93. The smallest absolute Gasteiger partial charge is 0.225 e. The average molecular weight is 288 g/mol. The first-order valence-corrected chi connectivity index (χ1v) is 8.05. The number of carbonyl (C=O) groups is 1. The van der Waals surface area contributed by atoms with Crippen LogP contribution in [0.3, 0.4) is 0 Å². The third-order valence-corrected chi connectivity index (χ3v) is 4.72. The predicted molar refractivity (Wildman–Crippen MR) is 87.0 cm³/mol. The first-order valence-electron chi connectivity index (χ1n) is 8.05. The quantitative estimate of drug-likeness (QED) is 0.926. The van der Waals surface area contributed by atoms with Crippen LogP contribution in [0.5, 0.6) is 0 Å². The minimum Gasteiger partial charge on any atom is -0.342 e. The lowest BCUT2D eigenvalue weighted by Gasteiger charge is -2.32. The van der Waals surface area contributed by atoms with Crippen molar-refractivity contribution in [2.24, 2.45) is 11.7 Å². The van der Waals surface area contributed by atoms with Crippen molar-refractivity contribution in [2.45, 2.75) is 58.0 Å². The summed E-state index contributed by atoms with van der Waals surface area (Å²) in [7, 11) is 1.93. The van der Waals surface area contributed by atoms with Gasteiger partial charge in [0.05, 0.1) is 0 Å². The first-order chi connectivity index (χ1) is 9.97. The Morgan fingerprint density at radius 3 is 2.62 bits per heavy atom. The highest BCUT2D eigenvalue weighted by molar-refractivity contribution is 5.79. The van der Waals surface area contributed by atoms with E-state index in [9.17, 15) is 4.79 Å². The molecular weight excluding hydrogens is 260 g/mol. The van der Waals surface area contributed by atoms with E-state index in [-0.39, 0.29) is 23.9 Å². The fourth-order valence-corrected chi connectivity index (χ4v) is 3.16. The third-order valence-electron chi connectivity index (χ3n) is 4.72. The minimum atomic E-state index is 0.124. The minimum absolute atomic E-state index is 0.124. The normalized spacial score (nSPS) is 23.6. The van der Waals surface area contributed by atoms with Crippen LogP contribution in [0.1, 0.15) is 43.7 Å². The van der Waals surface area contributed by atoms with Crippen LogP contribution >= 0.6 is 0 Å². The summed E-state index contributed by atoms with van der Waals surface area (Å²) < 4.78 is 0. The van der Waals surface area contributed by atoms with Gasteiger partial charge in [-0.3, -0.25) is 4.79 Å². The lowest BCUT2D eigenvalue weighted by atomic mass is 9.85. The van der Waals surface area contributed by atoms with Crippen LogP contribution in [0.2, 0.25) is 0 Å². The van der Waals surface area contributed by atoms with Gasteiger partial charge in [-0.25, -0.2) is 0 Å². The van der Waals surface area contributed by atoms with Crippen LogP contribution in [-0.4, -0.2) is 29.9 Å². The molecule has 0 heterocycles. The molecule has 3 nitrogen and oxygen atoms in total. The molecule has 1 aliphatic rings. The van der Waals surface area contributed by atoms with E-state index in [0.717, 1.165) is 32.1 Å². The lowest BCUT2D eigenvalue weighted by Crippen LogP contribution is -2.43. The molecule has 1 fully saturated rings. The third kappa shape index (κ3) is 4.31. The van der Waals surface area contributed by atoms with Gasteiger partial charge in [-0.1, -0.05) is 36.2 Å². The Labute approximate surface area is 128 Å². The molecule has 0 bridgehead atoms. The maximum atomic E-state index is 12.6. The fourth-order valence-electron chi connectivity index (χ4n) is 3.16. The monoisotopic (exact) mass is 288 g/mol. The van der Waals surface area contributed by atoms with Gasteiger partial charge in [0.15, 0.2) is 0 Å². The average Bonchev–Trinajstić information content (AvgIpc) is 2.48. The first kappa shape index (κ1) is 16.0. The van der Waals surface area contributed by atoms with Crippen molar-refractivity contribution in [2.75, 3.05) is 7.05 Å². The van der Waals surface area contributed by atoms with Crippen molar-refractivity contribution in [1.29, 1.82) is 0 Å². The zero-order valence-electron chi connectivity index (χ0n) is 13.5. The second-order valence-electron chi connectivity index (χ2n) is 6.61. The molecule has 0 aromatic heterocycles. The standard InChI is InChI=1S/C18H28N2O/c1-13-7-9-15(10-8-13)11-14(2)20(3)18(21)16-5-4-6-17(19)12-16/h7-10,14,16-17H,4-6,11-12,19H2,1-3H3. The van der Waals surface area contributed by atoms with E-state index in [4.69, 9.17) is 5.73 Å². The summed E-state index contributed by atoms with van der Waals surface area (Å²) in [6, 6.07) is 8.99. The van der Waals surface area contributed by atoms with Gasteiger partial charge in [-0.15, -0.1) is 0 Å². The SMILES string of the molecule is Cc1ccc(CC(C)N(C)C(=O)C2CCCC(N)C2)cc1. The Hall–Kier alpha value is -1.35. The van der Waals surface area contributed by atoms with Gasteiger partial charge < -0.3 is 10.6 Å². The van der Waals surface area contributed by atoms with Gasteiger partial charge in [0.25, 0.3) is 0 Å². The maximum absolute atomic E-state index is 12.6. The van der Waals surface area contributed by atoms with Crippen molar-refractivity contribution in [3.8, 4) is 0 Å². The Bertz CT molecular complexity index is 469. The topological polar surface area (TPSA) is 46.3 Å². The number of benzene rings is 1. The molecule has 2 N–H and O–H groups in total. The molecule has 0 radical (unpaired) electrons. The Kier molecular flexibility index (Phi) is 5.40. The molecule has 0 saturated heterocycles. The van der Waals surface area contributed by atoms with Crippen molar-refractivity contribution in [3.63, 3.8) is 0 Å². The van der Waals surface area contributed by atoms with Crippen molar-refractivity contribution in [1.82, 2.24) is 4.90 Å². The zero-order valence-corrected chi connectivity index (χ0v) is 13.5. The number of aryl methyl sites for hydroxylation is 1. The van der Waals surface area contributed by atoms with Crippen LogP contribution in [0.15, 0.2) is 24.3 Å². The molecule has 21 heavy (non-hydrogen) atoms. The van der Waals surface area contributed by atoms with Crippen molar-refractivity contribution in [3.05, 3.63) is 35.4 Å². The maximum Gasteiger partial charge on any atom is 0.225 e. The number of hydrogen-bond donors (Lipinski definition) is 1. The lowest BCUT2D eigenvalue weighted by molar-refractivity contribution is -0.137. The molecule has 116 valence electrons. The number of amides is 1. The van der Waals surface area contributed by atoms with E-state index < -0.39 is 0 Å². The molecule has 1 aromatic rings. The van der Waals surface area contributed by atoms with Crippen LogP contribution in [0, 0.1) is 12.8 Å². The molecule has 1 amide bonds. The van der Waals surface area contributed by atoms with E-state index in [1.54, 1.807) is 0 Å². The van der Waals surface area contributed by atoms with E-state index in [1.165, 1.54) is 11.1 Å². The fraction of sp³-hybridized carbons (Fsp3) is 0.611. The number of nitrogens with zero attached hydrogens (tertiary/aromatic N) is 1. The second-order valence-corrected chi connectivity index (χ2v) is 6.61. The molecule has 2 rings (SSSR count). The van der Waals surface area contributed by atoms with Crippen LogP contribution in [0.25, 0.3) is 0 Å². The molecule has 3 heteroatoms. The summed E-state index contributed by atoms with van der Waals surface area (Å²) in [4.78, 5) is 14.5. The van der Waals surface area contributed by atoms with Gasteiger partial charge in [-0.2, -0.15) is 0 Å². The van der Waals surface area contributed by atoms with E-state index in [1.807, 2.05) is 11.9 Å². The number of hydrogen-bond acceptors (Lipinski definition) is 2. The Morgan fingerprint density at radius 2 is 2.00 bits per heavy atom. The van der Waals surface area contributed by atoms with Gasteiger partial charge in [0, 0.05) is 25.0 Å². The Morgan fingerprint density at radius 1 is 1.33 bits per heavy atom. The zero-order chi connectivity index (χ0) is 15.4. The number of carbonyl (C=O) groups excluding carboxylic acids is 1. The molecule has 3 atom stereocenters. The summed E-state index contributed by atoms with van der Waals surface area (Å²) >= 11 is 0. The van der Waals surface area contributed by atoms with Gasteiger partial charge in [-0.05, 0) is 45.1 Å². The summed E-state index contributed by atoms with van der Waals surface area (Å²) in [6.45, 7) is 4.22. The highest BCUT2D eigenvalue weighted by atomic mass is 16.2. The van der Waals surface area contributed by atoms with Crippen LogP contribution < -0.4 is 5.73 Å². The van der Waals surface area contributed by atoms with Gasteiger partial charge >= 0.3 is 0 Å². The summed E-state index contributed by atoms with van der Waals surface area (Å²) in [5.74, 6) is 0.393. The van der Waals surface area contributed by atoms with Crippen LogP contribution in [-0.2, 0) is 11.2 Å².